The molecule has 2 aromatic rings. The van der Waals surface area contributed by atoms with Gasteiger partial charge in [-0.25, -0.2) is 14.8 Å². The number of esters is 1. The average Bonchev–Trinajstić information content (AvgIpc) is 3.24. The van der Waals surface area contributed by atoms with E-state index < -0.39 is 17.9 Å². The highest BCUT2D eigenvalue weighted by Crippen LogP contribution is 2.11. The Morgan fingerprint density at radius 3 is 2.38 bits per heavy atom. The molecule has 10 heteroatoms. The monoisotopic (exact) mass is 464 g/mol. The van der Waals surface area contributed by atoms with Crippen LogP contribution in [0, 0.1) is 20.8 Å². The third-order valence-electron chi connectivity index (χ3n) is 4.29. The zero-order chi connectivity index (χ0) is 22.8. The number of carbonyl (C=O) groups is 3. The maximum absolute atomic E-state index is 12.9. The maximum atomic E-state index is 12.9. The van der Waals surface area contributed by atoms with Crippen molar-refractivity contribution in [3.8, 4) is 0 Å². The molecule has 0 saturated heterocycles. The summed E-state index contributed by atoms with van der Waals surface area (Å²) in [5.41, 5.74) is 1.31. The van der Waals surface area contributed by atoms with Crippen molar-refractivity contribution in [1.82, 2.24) is 20.6 Å². The summed E-state index contributed by atoms with van der Waals surface area (Å²) < 4.78 is 10.5. The molecule has 0 saturated carbocycles. The van der Waals surface area contributed by atoms with Crippen molar-refractivity contribution in [3.05, 3.63) is 45.2 Å². The van der Waals surface area contributed by atoms with Gasteiger partial charge in [0, 0.05) is 26.2 Å². The number of nitrogens with zero attached hydrogens (tertiary/aromatic N) is 2. The van der Waals surface area contributed by atoms with Crippen molar-refractivity contribution in [2.45, 2.75) is 47.6 Å². The van der Waals surface area contributed by atoms with E-state index in [1.165, 1.54) is 11.3 Å². The minimum Gasteiger partial charge on any atom is -0.464 e. The van der Waals surface area contributed by atoms with Gasteiger partial charge in [0.25, 0.3) is 11.8 Å². The smallest absolute Gasteiger partial charge is 0.330 e. The van der Waals surface area contributed by atoms with Crippen molar-refractivity contribution < 1.29 is 23.9 Å². The Kier molecular flexibility index (Phi) is 11.5. The van der Waals surface area contributed by atoms with Crippen molar-refractivity contribution >= 4 is 29.1 Å². The van der Waals surface area contributed by atoms with Gasteiger partial charge in [0.2, 0.25) is 0 Å². The molecule has 0 spiro atoms. The standard InChI is InChI=1S/C21H28N4O5S.CH4/c1-5-29-9-7-10-30-21(28)16(12-22-19(26)17-8-6-11-31-17)25-20(27)18-13(2)23-15(4)24-14(18)3;/h6,8,11,16H,5,7,9-10,12H2,1-4H3,(H,22,26)(H,25,27);1H4/t16-;/m0./s1. The van der Waals surface area contributed by atoms with Crippen LogP contribution in [0.5, 0.6) is 0 Å². The predicted molar refractivity (Wildman–Crippen MR) is 123 cm³/mol. The molecule has 0 fully saturated rings. The lowest BCUT2D eigenvalue weighted by atomic mass is 10.1. The van der Waals surface area contributed by atoms with Gasteiger partial charge in [-0.2, -0.15) is 0 Å². The maximum Gasteiger partial charge on any atom is 0.330 e. The van der Waals surface area contributed by atoms with Crippen LogP contribution in [0.25, 0.3) is 0 Å². The quantitative estimate of drug-likeness (QED) is 0.387. The summed E-state index contributed by atoms with van der Waals surface area (Å²) >= 11 is 1.28. The number of hydrogen-bond acceptors (Lipinski definition) is 8. The fourth-order valence-electron chi connectivity index (χ4n) is 2.90. The van der Waals surface area contributed by atoms with E-state index in [2.05, 4.69) is 20.6 Å². The number of ether oxygens (including phenoxy) is 2. The van der Waals surface area contributed by atoms with Gasteiger partial charge in [0.05, 0.1) is 28.4 Å². The van der Waals surface area contributed by atoms with E-state index in [0.29, 0.717) is 47.3 Å². The Hall–Kier alpha value is -2.85. The van der Waals surface area contributed by atoms with E-state index in [9.17, 15) is 14.4 Å². The van der Waals surface area contributed by atoms with Crippen molar-refractivity contribution in [2.75, 3.05) is 26.4 Å². The van der Waals surface area contributed by atoms with E-state index in [1.807, 2.05) is 6.92 Å². The van der Waals surface area contributed by atoms with Crippen molar-refractivity contribution in [2.24, 2.45) is 0 Å². The Bertz CT molecular complexity index is 879. The van der Waals surface area contributed by atoms with Crippen LogP contribution in [0.4, 0.5) is 0 Å². The predicted octanol–water partition coefficient (Wildman–Crippen LogP) is 2.60. The number of carbonyl (C=O) groups excluding carboxylic acids is 3. The molecule has 1 atom stereocenters. The molecule has 0 aliphatic rings. The molecule has 0 aromatic carbocycles. The minimum atomic E-state index is -1.07. The first-order chi connectivity index (χ1) is 14.8. The van der Waals surface area contributed by atoms with E-state index in [-0.39, 0.29) is 26.5 Å². The molecule has 32 heavy (non-hydrogen) atoms. The normalized spacial score (nSPS) is 11.2. The summed E-state index contributed by atoms with van der Waals surface area (Å²) in [4.78, 5) is 46.7. The molecule has 2 heterocycles. The summed E-state index contributed by atoms with van der Waals surface area (Å²) in [7, 11) is 0. The molecule has 2 aromatic heterocycles. The van der Waals surface area contributed by atoms with Crippen LogP contribution in [-0.2, 0) is 14.3 Å². The number of amides is 2. The molecule has 2 amide bonds. The van der Waals surface area contributed by atoms with Crippen LogP contribution in [0.3, 0.4) is 0 Å². The van der Waals surface area contributed by atoms with Gasteiger partial charge in [-0.05, 0) is 39.1 Å². The summed E-state index contributed by atoms with van der Waals surface area (Å²) in [6.07, 6.45) is 0.534. The van der Waals surface area contributed by atoms with Gasteiger partial charge in [0.15, 0.2) is 0 Å². The molecule has 9 nitrogen and oxygen atoms in total. The number of aromatic nitrogens is 2. The molecule has 2 N–H and O–H groups in total. The second-order valence-electron chi connectivity index (χ2n) is 6.75. The number of nitrogens with one attached hydrogen (secondary N) is 2. The van der Waals surface area contributed by atoms with Gasteiger partial charge in [-0.3, -0.25) is 9.59 Å². The highest BCUT2D eigenvalue weighted by atomic mass is 32.1. The summed E-state index contributed by atoms with van der Waals surface area (Å²) in [6, 6.07) is 2.37. The summed E-state index contributed by atoms with van der Waals surface area (Å²) in [5.74, 6) is -0.916. The fraction of sp³-hybridized carbons (Fsp3) is 0.500. The Balaban J connectivity index is 0.00000512. The van der Waals surface area contributed by atoms with Crippen LogP contribution >= 0.6 is 11.3 Å². The fourth-order valence-corrected chi connectivity index (χ4v) is 3.54. The third-order valence-corrected chi connectivity index (χ3v) is 5.16. The van der Waals surface area contributed by atoms with Crippen molar-refractivity contribution in [3.63, 3.8) is 0 Å². The molecular weight excluding hydrogens is 432 g/mol. The first-order valence-electron chi connectivity index (χ1n) is 10.0. The van der Waals surface area contributed by atoms with Crippen LogP contribution in [-0.4, -0.2) is 60.2 Å². The van der Waals surface area contributed by atoms with Gasteiger partial charge < -0.3 is 20.1 Å². The van der Waals surface area contributed by atoms with Gasteiger partial charge >= 0.3 is 5.97 Å². The van der Waals surface area contributed by atoms with Gasteiger partial charge in [-0.15, -0.1) is 11.3 Å². The molecule has 0 aliphatic heterocycles. The van der Waals surface area contributed by atoms with Crippen LogP contribution in [0.2, 0.25) is 0 Å². The third kappa shape index (κ3) is 8.01. The van der Waals surface area contributed by atoms with Crippen LogP contribution < -0.4 is 10.6 Å². The Morgan fingerprint density at radius 1 is 1.09 bits per heavy atom. The van der Waals surface area contributed by atoms with Gasteiger partial charge in [-0.1, -0.05) is 13.5 Å². The van der Waals surface area contributed by atoms with Crippen LogP contribution in [0.15, 0.2) is 17.5 Å². The van der Waals surface area contributed by atoms with E-state index in [0.717, 1.165) is 0 Å². The van der Waals surface area contributed by atoms with E-state index in [4.69, 9.17) is 9.47 Å². The summed E-state index contributed by atoms with van der Waals surface area (Å²) in [6.45, 7) is 8.12. The molecule has 2 rings (SSSR count). The average molecular weight is 465 g/mol. The first kappa shape index (κ1) is 27.2. The topological polar surface area (TPSA) is 120 Å². The molecular formula is C22H32N4O5S. The lowest BCUT2D eigenvalue weighted by Gasteiger charge is -2.19. The SMILES string of the molecule is C.CCOCCCOC(=O)[C@H](CNC(=O)c1cccs1)NC(=O)c1c(C)nc(C)nc1C. The number of rotatable bonds is 11. The van der Waals surface area contributed by atoms with Gasteiger partial charge in [0.1, 0.15) is 11.9 Å². The lowest BCUT2D eigenvalue weighted by molar-refractivity contribution is -0.146. The Labute approximate surface area is 192 Å². The minimum absolute atomic E-state index is 0. The first-order valence-corrected chi connectivity index (χ1v) is 10.9. The molecule has 0 bridgehead atoms. The zero-order valence-corrected chi connectivity index (χ0v) is 19.0. The highest BCUT2D eigenvalue weighted by molar-refractivity contribution is 7.12. The highest BCUT2D eigenvalue weighted by Gasteiger charge is 2.26. The number of aryl methyl sites for hydroxylation is 3. The van der Waals surface area contributed by atoms with E-state index >= 15 is 0 Å². The van der Waals surface area contributed by atoms with Crippen molar-refractivity contribution in [1.29, 1.82) is 0 Å². The van der Waals surface area contributed by atoms with E-state index in [1.54, 1.807) is 38.3 Å². The molecule has 0 aliphatic carbocycles. The number of hydrogen-bond donors (Lipinski definition) is 2. The molecule has 0 radical (unpaired) electrons. The van der Waals surface area contributed by atoms with Crippen LogP contribution in [0.1, 0.15) is 58.0 Å². The largest absolute Gasteiger partial charge is 0.464 e. The second-order valence-corrected chi connectivity index (χ2v) is 7.70. The molecule has 176 valence electrons. The second kappa shape index (κ2) is 13.5. The zero-order valence-electron chi connectivity index (χ0n) is 18.2. The Morgan fingerprint density at radius 2 is 1.78 bits per heavy atom. The summed E-state index contributed by atoms with van der Waals surface area (Å²) in [5, 5.41) is 7.10. The lowest BCUT2D eigenvalue weighted by Crippen LogP contribution is -2.49. The number of thiophene rings is 1. The molecule has 0 unspecified atom stereocenters.